The second-order valence-corrected chi connectivity index (χ2v) is 7.88. The summed E-state index contributed by atoms with van der Waals surface area (Å²) in [5.41, 5.74) is 0.285. The molecule has 2 rings (SSSR count). The zero-order valence-electron chi connectivity index (χ0n) is 14.5. The molecule has 0 aliphatic heterocycles. The molecule has 27 heavy (non-hydrogen) atoms. The van der Waals surface area contributed by atoms with Crippen LogP contribution in [-0.4, -0.2) is 25.4 Å². The van der Waals surface area contributed by atoms with Crippen LogP contribution in [0.3, 0.4) is 0 Å². The minimum atomic E-state index is -3.97. The van der Waals surface area contributed by atoms with Crippen LogP contribution in [0.2, 0.25) is 5.02 Å². The molecule has 0 saturated heterocycles. The number of rotatable bonds is 7. The highest BCUT2D eigenvalue weighted by Crippen LogP contribution is 2.22. The molecule has 0 fully saturated rings. The molecule has 8 nitrogen and oxygen atoms in total. The maximum absolute atomic E-state index is 12.3. The van der Waals surface area contributed by atoms with Gasteiger partial charge < -0.3 is 4.74 Å². The highest BCUT2D eigenvalue weighted by Gasteiger charge is 2.25. The number of benzene rings is 2. The molecule has 0 bridgehead atoms. The second-order valence-electron chi connectivity index (χ2n) is 5.73. The fourth-order valence-electron chi connectivity index (χ4n) is 2.22. The highest BCUT2D eigenvalue weighted by molar-refractivity contribution is 7.89. The number of hydrogen-bond donors (Lipinski definition) is 1. The molecule has 10 heteroatoms. The number of halogens is 1. The minimum absolute atomic E-state index is 0.0821. The Balaban J connectivity index is 2.07. The van der Waals surface area contributed by atoms with Crippen LogP contribution < -0.4 is 4.72 Å². The van der Waals surface area contributed by atoms with E-state index in [9.17, 15) is 23.3 Å². The van der Waals surface area contributed by atoms with Crippen LogP contribution in [0, 0.1) is 10.1 Å². The molecule has 0 saturated carbocycles. The van der Waals surface area contributed by atoms with Gasteiger partial charge in [0.1, 0.15) is 12.1 Å². The Morgan fingerprint density at radius 3 is 2.48 bits per heavy atom. The van der Waals surface area contributed by atoms with Gasteiger partial charge in [-0.1, -0.05) is 29.8 Å². The molecule has 144 valence electrons. The van der Waals surface area contributed by atoms with E-state index in [1.54, 1.807) is 6.07 Å². The number of carbonyl (C=O) groups excluding carboxylic acids is 1. The van der Waals surface area contributed by atoms with E-state index in [2.05, 4.69) is 4.72 Å². The molecule has 2 aromatic rings. The first kappa shape index (κ1) is 20.8. The smallest absolute Gasteiger partial charge is 0.324 e. The molecule has 2 atom stereocenters. The Hall–Kier alpha value is -2.49. The van der Waals surface area contributed by atoms with Crippen molar-refractivity contribution in [1.82, 2.24) is 4.72 Å². The van der Waals surface area contributed by atoms with E-state index in [1.807, 2.05) is 0 Å². The number of nitrogens with one attached hydrogen (secondary N) is 1. The van der Waals surface area contributed by atoms with Crippen molar-refractivity contribution in [3.8, 4) is 0 Å². The normalized spacial score (nSPS) is 13.6. The van der Waals surface area contributed by atoms with E-state index in [4.69, 9.17) is 16.3 Å². The second kappa shape index (κ2) is 8.47. The summed E-state index contributed by atoms with van der Waals surface area (Å²) < 4.78 is 32.1. The number of nitro groups is 1. The van der Waals surface area contributed by atoms with Crippen molar-refractivity contribution in [3.63, 3.8) is 0 Å². The number of ether oxygens (including phenoxy) is 1. The molecule has 0 radical (unpaired) electrons. The van der Waals surface area contributed by atoms with E-state index in [0.717, 1.165) is 0 Å². The monoisotopic (exact) mass is 412 g/mol. The molecule has 0 aromatic heterocycles. The Bertz CT molecular complexity index is 963. The fraction of sp³-hybridized carbons (Fsp3) is 0.235. The predicted molar refractivity (Wildman–Crippen MR) is 98.8 cm³/mol. The lowest BCUT2D eigenvalue weighted by atomic mass is 10.1. The Morgan fingerprint density at radius 1 is 1.19 bits per heavy atom. The molecule has 1 N–H and O–H groups in total. The average molecular weight is 413 g/mol. The molecule has 0 spiro atoms. The maximum atomic E-state index is 12.3. The predicted octanol–water partition coefficient (Wildman–Crippen LogP) is 3.22. The van der Waals surface area contributed by atoms with Crippen molar-refractivity contribution in [2.45, 2.75) is 30.9 Å². The third kappa shape index (κ3) is 5.49. The summed E-state index contributed by atoms with van der Waals surface area (Å²) in [6, 6.07) is 10.1. The number of nitro benzene ring substituents is 1. The van der Waals surface area contributed by atoms with Crippen LogP contribution in [0.1, 0.15) is 25.5 Å². The zero-order valence-corrected chi connectivity index (χ0v) is 16.0. The van der Waals surface area contributed by atoms with E-state index >= 15 is 0 Å². The SMILES string of the molecule is C[C@H](NS(=O)(=O)c1cccc(Cl)c1)C(=O)O[C@H](C)c1cccc([N+](=O)[O-])c1. The van der Waals surface area contributed by atoms with Crippen molar-refractivity contribution < 1.29 is 22.9 Å². The summed E-state index contributed by atoms with van der Waals surface area (Å²) in [7, 11) is -3.97. The lowest BCUT2D eigenvalue weighted by Gasteiger charge is -2.18. The van der Waals surface area contributed by atoms with Crippen LogP contribution in [0.15, 0.2) is 53.4 Å². The largest absolute Gasteiger partial charge is 0.457 e. The molecule has 0 amide bonds. The number of sulfonamides is 1. The third-order valence-electron chi connectivity index (χ3n) is 3.64. The summed E-state index contributed by atoms with van der Waals surface area (Å²) in [4.78, 5) is 22.4. The Kier molecular flexibility index (Phi) is 6.53. The van der Waals surface area contributed by atoms with E-state index < -0.39 is 33.1 Å². The average Bonchev–Trinajstić information content (AvgIpc) is 2.61. The summed E-state index contributed by atoms with van der Waals surface area (Å²) in [6.07, 6.45) is -0.796. The third-order valence-corrected chi connectivity index (χ3v) is 5.41. The summed E-state index contributed by atoms with van der Waals surface area (Å²) >= 11 is 5.79. The van der Waals surface area contributed by atoms with E-state index in [1.165, 1.54) is 56.3 Å². The first-order valence-corrected chi connectivity index (χ1v) is 9.69. The van der Waals surface area contributed by atoms with Crippen molar-refractivity contribution in [3.05, 3.63) is 69.2 Å². The zero-order chi connectivity index (χ0) is 20.2. The van der Waals surface area contributed by atoms with Gasteiger partial charge in [-0.2, -0.15) is 4.72 Å². The van der Waals surface area contributed by atoms with Gasteiger partial charge in [-0.05, 0) is 37.6 Å². The molecule has 0 aliphatic rings. The van der Waals surface area contributed by atoms with Crippen LogP contribution in [0.25, 0.3) is 0 Å². The maximum Gasteiger partial charge on any atom is 0.324 e. The Morgan fingerprint density at radius 2 is 1.85 bits per heavy atom. The summed E-state index contributed by atoms with van der Waals surface area (Å²) in [5, 5.41) is 11.1. The van der Waals surface area contributed by atoms with Crippen molar-refractivity contribution in [1.29, 1.82) is 0 Å². The number of hydrogen-bond acceptors (Lipinski definition) is 6. The van der Waals surface area contributed by atoms with Gasteiger partial charge in [0.25, 0.3) is 5.69 Å². The van der Waals surface area contributed by atoms with Crippen molar-refractivity contribution in [2.24, 2.45) is 0 Å². The first-order valence-electron chi connectivity index (χ1n) is 7.83. The molecular formula is C17H17ClN2O6S. The number of esters is 1. The molecule has 0 heterocycles. The fourth-order valence-corrected chi connectivity index (χ4v) is 3.71. The van der Waals surface area contributed by atoms with Crippen LogP contribution in [0.5, 0.6) is 0 Å². The lowest BCUT2D eigenvalue weighted by Crippen LogP contribution is -2.39. The van der Waals surface area contributed by atoms with Crippen LogP contribution in [0.4, 0.5) is 5.69 Å². The summed E-state index contributed by atoms with van der Waals surface area (Å²) in [5.74, 6) is -0.820. The van der Waals surface area contributed by atoms with Crippen LogP contribution >= 0.6 is 11.6 Å². The van der Waals surface area contributed by atoms with E-state index in [0.29, 0.717) is 5.56 Å². The Labute approximate surface area is 161 Å². The van der Waals surface area contributed by atoms with Crippen LogP contribution in [-0.2, 0) is 19.6 Å². The molecular weight excluding hydrogens is 396 g/mol. The van der Waals surface area contributed by atoms with Gasteiger partial charge in [0, 0.05) is 17.2 Å². The first-order chi connectivity index (χ1) is 12.6. The van der Waals surface area contributed by atoms with Crippen molar-refractivity contribution in [2.75, 3.05) is 0 Å². The van der Waals surface area contributed by atoms with Crippen molar-refractivity contribution >= 4 is 33.3 Å². The lowest BCUT2D eigenvalue weighted by molar-refractivity contribution is -0.385. The molecule has 0 unspecified atom stereocenters. The molecule has 2 aromatic carbocycles. The molecule has 0 aliphatic carbocycles. The highest BCUT2D eigenvalue weighted by atomic mass is 35.5. The number of carbonyl (C=O) groups is 1. The van der Waals surface area contributed by atoms with Gasteiger partial charge in [-0.3, -0.25) is 14.9 Å². The van der Waals surface area contributed by atoms with Gasteiger partial charge in [0.05, 0.1) is 9.82 Å². The minimum Gasteiger partial charge on any atom is -0.457 e. The van der Waals surface area contributed by atoms with Gasteiger partial charge in [0.2, 0.25) is 10.0 Å². The van der Waals surface area contributed by atoms with Gasteiger partial charge in [-0.15, -0.1) is 0 Å². The van der Waals surface area contributed by atoms with Gasteiger partial charge in [0.15, 0.2) is 0 Å². The summed E-state index contributed by atoms with van der Waals surface area (Å²) in [6.45, 7) is 2.87. The van der Waals surface area contributed by atoms with E-state index in [-0.39, 0.29) is 15.6 Å². The van der Waals surface area contributed by atoms with Gasteiger partial charge >= 0.3 is 5.97 Å². The van der Waals surface area contributed by atoms with Gasteiger partial charge in [-0.25, -0.2) is 8.42 Å². The number of nitrogens with zero attached hydrogens (tertiary/aromatic N) is 1. The standard InChI is InChI=1S/C17H17ClN2O6S/c1-11(19-27(24,25)16-8-4-6-14(18)10-16)17(21)26-12(2)13-5-3-7-15(9-13)20(22)23/h3-12,19H,1-2H3/t11-,12+/m0/s1. The quantitative estimate of drug-likeness (QED) is 0.424. The topological polar surface area (TPSA) is 116 Å². The number of non-ortho nitro benzene ring substituents is 1.